The van der Waals surface area contributed by atoms with Crippen LogP contribution in [0.4, 0.5) is 0 Å². The summed E-state index contributed by atoms with van der Waals surface area (Å²) in [6.45, 7) is 2.23. The van der Waals surface area contributed by atoms with Gasteiger partial charge >= 0.3 is 0 Å². The minimum Gasteiger partial charge on any atom is -0.352 e. The molecule has 2 N–H and O–H groups in total. The van der Waals surface area contributed by atoms with Crippen molar-refractivity contribution in [3.63, 3.8) is 0 Å². The largest absolute Gasteiger partial charge is 0.352 e. The Morgan fingerprint density at radius 1 is 1.15 bits per heavy atom. The number of hydrogen-bond acceptors (Lipinski definition) is 3. The minimum absolute atomic E-state index is 0.0338. The molecule has 2 aromatic rings. The average molecular weight is 353 g/mol. The molecule has 0 saturated heterocycles. The molecule has 6 nitrogen and oxygen atoms in total. The monoisotopic (exact) mass is 353 g/mol. The van der Waals surface area contributed by atoms with Crippen molar-refractivity contribution < 1.29 is 9.59 Å². The number of carbonyl (C=O) groups excluding carboxylic acids is 2. The Bertz CT molecular complexity index is 841. The molecule has 1 aromatic heterocycles. The molecule has 0 bridgehead atoms. The number of pyridine rings is 1. The van der Waals surface area contributed by atoms with Crippen LogP contribution in [0.5, 0.6) is 0 Å². The van der Waals surface area contributed by atoms with E-state index in [0.717, 1.165) is 18.4 Å². The Morgan fingerprint density at radius 2 is 1.88 bits per heavy atom. The molecule has 0 radical (unpaired) electrons. The van der Waals surface area contributed by atoms with Gasteiger partial charge in [-0.2, -0.15) is 0 Å². The Labute approximate surface area is 152 Å². The van der Waals surface area contributed by atoms with Gasteiger partial charge in [0, 0.05) is 18.8 Å². The summed E-state index contributed by atoms with van der Waals surface area (Å²) >= 11 is 0. The zero-order valence-electron chi connectivity index (χ0n) is 14.8. The summed E-state index contributed by atoms with van der Waals surface area (Å²) in [5, 5.41) is 5.65. The lowest BCUT2D eigenvalue weighted by Gasteiger charge is -2.14. The van der Waals surface area contributed by atoms with Crippen LogP contribution in [0.2, 0.25) is 0 Å². The van der Waals surface area contributed by atoms with Crippen molar-refractivity contribution in [2.75, 3.05) is 0 Å². The second-order valence-electron chi connectivity index (χ2n) is 6.72. The van der Waals surface area contributed by atoms with Crippen molar-refractivity contribution >= 4 is 11.8 Å². The quantitative estimate of drug-likeness (QED) is 0.795. The van der Waals surface area contributed by atoms with E-state index in [9.17, 15) is 14.4 Å². The number of amides is 2. The molecule has 1 atom stereocenters. The van der Waals surface area contributed by atoms with Crippen LogP contribution in [-0.4, -0.2) is 22.4 Å². The SMILES string of the molecule is CC(NC(=O)Cn1cccc(C(=O)NCc2ccccc2)c1=O)C1CC1. The third-order valence-corrected chi connectivity index (χ3v) is 4.59. The first-order valence-electron chi connectivity index (χ1n) is 8.85. The molecule has 136 valence electrons. The lowest BCUT2D eigenvalue weighted by atomic mass is 10.2. The summed E-state index contributed by atoms with van der Waals surface area (Å²) in [5.74, 6) is -0.112. The summed E-state index contributed by atoms with van der Waals surface area (Å²) in [4.78, 5) is 37.0. The summed E-state index contributed by atoms with van der Waals surface area (Å²) in [6, 6.07) is 12.7. The van der Waals surface area contributed by atoms with E-state index in [1.165, 1.54) is 16.8 Å². The molecule has 6 heteroatoms. The van der Waals surface area contributed by atoms with Gasteiger partial charge in [0.05, 0.1) is 0 Å². The van der Waals surface area contributed by atoms with E-state index in [2.05, 4.69) is 10.6 Å². The van der Waals surface area contributed by atoms with Crippen LogP contribution >= 0.6 is 0 Å². The topological polar surface area (TPSA) is 80.2 Å². The summed E-state index contributed by atoms with van der Waals surface area (Å²) in [6.07, 6.45) is 3.80. The van der Waals surface area contributed by atoms with E-state index in [1.807, 2.05) is 37.3 Å². The highest BCUT2D eigenvalue weighted by molar-refractivity contribution is 5.93. The smallest absolute Gasteiger partial charge is 0.263 e. The molecule has 1 heterocycles. The Hall–Kier alpha value is -2.89. The highest BCUT2D eigenvalue weighted by Crippen LogP contribution is 2.32. The molecule has 1 aliphatic carbocycles. The minimum atomic E-state index is -0.465. The van der Waals surface area contributed by atoms with Crippen LogP contribution in [0.15, 0.2) is 53.5 Å². The molecule has 1 saturated carbocycles. The number of aromatic nitrogens is 1. The predicted octanol–water partition coefficient (Wildman–Crippen LogP) is 1.69. The van der Waals surface area contributed by atoms with Crippen molar-refractivity contribution in [1.29, 1.82) is 0 Å². The standard InChI is InChI=1S/C20H23N3O3/c1-14(16-9-10-16)22-18(24)13-23-11-5-8-17(20(23)26)19(25)21-12-15-6-3-2-4-7-15/h2-8,11,14,16H,9-10,12-13H2,1H3,(H,21,25)(H,22,24). The van der Waals surface area contributed by atoms with E-state index in [1.54, 1.807) is 6.07 Å². The summed E-state index contributed by atoms with van der Waals surface area (Å²) < 4.78 is 1.27. The molecule has 1 unspecified atom stereocenters. The van der Waals surface area contributed by atoms with E-state index in [4.69, 9.17) is 0 Å². The number of nitrogens with one attached hydrogen (secondary N) is 2. The average Bonchev–Trinajstić information content (AvgIpc) is 3.47. The highest BCUT2D eigenvalue weighted by Gasteiger charge is 2.28. The maximum atomic E-state index is 12.5. The van der Waals surface area contributed by atoms with Gasteiger partial charge in [0.25, 0.3) is 11.5 Å². The van der Waals surface area contributed by atoms with Gasteiger partial charge < -0.3 is 15.2 Å². The molecule has 1 fully saturated rings. The molecule has 3 rings (SSSR count). The van der Waals surface area contributed by atoms with Crippen molar-refractivity contribution in [3.8, 4) is 0 Å². The van der Waals surface area contributed by atoms with Crippen molar-refractivity contribution in [1.82, 2.24) is 15.2 Å². The third kappa shape index (κ3) is 4.59. The molecule has 0 spiro atoms. The molecule has 1 aromatic carbocycles. The van der Waals surface area contributed by atoms with Gasteiger partial charge in [0.2, 0.25) is 5.91 Å². The number of hydrogen-bond donors (Lipinski definition) is 2. The van der Waals surface area contributed by atoms with Crippen molar-refractivity contribution in [2.45, 2.75) is 38.9 Å². The maximum absolute atomic E-state index is 12.5. The molecule has 1 aliphatic rings. The first-order valence-corrected chi connectivity index (χ1v) is 8.85. The molecular weight excluding hydrogens is 330 g/mol. The second-order valence-corrected chi connectivity index (χ2v) is 6.72. The van der Waals surface area contributed by atoms with Gasteiger partial charge in [-0.1, -0.05) is 30.3 Å². The Balaban J connectivity index is 1.63. The summed E-state index contributed by atoms with van der Waals surface area (Å²) in [7, 11) is 0. The molecule has 2 amide bonds. The van der Waals surface area contributed by atoms with E-state index in [0.29, 0.717) is 12.5 Å². The molecular formula is C20H23N3O3. The normalized spacial score (nSPS) is 14.5. The number of carbonyl (C=O) groups is 2. The van der Waals surface area contributed by atoms with Gasteiger partial charge in [-0.05, 0) is 43.4 Å². The van der Waals surface area contributed by atoms with Crippen molar-refractivity contribution in [3.05, 3.63) is 70.1 Å². The lowest BCUT2D eigenvalue weighted by Crippen LogP contribution is -2.39. The first kappa shape index (κ1) is 17.9. The van der Waals surface area contributed by atoms with Crippen LogP contribution < -0.4 is 16.2 Å². The Morgan fingerprint density at radius 3 is 2.58 bits per heavy atom. The van der Waals surface area contributed by atoms with E-state index in [-0.39, 0.29) is 24.1 Å². The van der Waals surface area contributed by atoms with Crippen molar-refractivity contribution in [2.24, 2.45) is 5.92 Å². The maximum Gasteiger partial charge on any atom is 0.263 e. The Kier molecular flexibility index (Phi) is 5.51. The highest BCUT2D eigenvalue weighted by atomic mass is 16.2. The zero-order valence-corrected chi connectivity index (χ0v) is 14.8. The van der Waals surface area contributed by atoms with E-state index >= 15 is 0 Å². The van der Waals surface area contributed by atoms with Gasteiger partial charge in [0.15, 0.2) is 0 Å². The third-order valence-electron chi connectivity index (χ3n) is 4.59. The fourth-order valence-electron chi connectivity index (χ4n) is 2.88. The number of benzene rings is 1. The van der Waals surface area contributed by atoms with Crippen LogP contribution in [-0.2, 0) is 17.9 Å². The van der Waals surface area contributed by atoms with Gasteiger partial charge in [-0.3, -0.25) is 14.4 Å². The molecule has 26 heavy (non-hydrogen) atoms. The zero-order chi connectivity index (χ0) is 18.5. The van der Waals surface area contributed by atoms with Crippen LogP contribution in [0.3, 0.4) is 0 Å². The predicted molar refractivity (Wildman–Crippen MR) is 98.6 cm³/mol. The fourth-order valence-corrected chi connectivity index (χ4v) is 2.88. The summed E-state index contributed by atoms with van der Waals surface area (Å²) in [5.41, 5.74) is 0.518. The lowest BCUT2D eigenvalue weighted by molar-refractivity contribution is -0.122. The van der Waals surface area contributed by atoms with Crippen LogP contribution in [0, 0.1) is 5.92 Å². The number of rotatable bonds is 7. The van der Waals surface area contributed by atoms with E-state index < -0.39 is 11.5 Å². The number of nitrogens with zero attached hydrogens (tertiary/aromatic N) is 1. The van der Waals surface area contributed by atoms with Crippen LogP contribution in [0.1, 0.15) is 35.7 Å². The first-order chi connectivity index (χ1) is 12.5. The van der Waals surface area contributed by atoms with Gasteiger partial charge in [-0.25, -0.2) is 0 Å². The fraction of sp³-hybridized carbons (Fsp3) is 0.350. The van der Waals surface area contributed by atoms with Gasteiger partial charge in [-0.15, -0.1) is 0 Å². The van der Waals surface area contributed by atoms with Gasteiger partial charge in [0.1, 0.15) is 12.1 Å². The second kappa shape index (κ2) is 7.99. The molecule has 0 aliphatic heterocycles. The van der Waals surface area contributed by atoms with Crippen LogP contribution in [0.25, 0.3) is 0 Å².